The van der Waals surface area contributed by atoms with Gasteiger partial charge in [0.05, 0.1) is 0 Å². The van der Waals surface area contributed by atoms with E-state index in [0.717, 1.165) is 43.4 Å². The molecule has 4 saturated carbocycles. The molecule has 5 aliphatic carbocycles. The number of ketones is 1. The van der Waals surface area contributed by atoms with E-state index in [2.05, 4.69) is 19.9 Å². The Kier molecular flexibility index (Phi) is 2.84. The Hall–Kier alpha value is -1.12. The number of fused-ring (bicyclic) bond motifs is 9. The Balaban J connectivity index is 1.40. The molecule has 8 atom stereocenters. The number of allylic oxidation sites excluding steroid dienone is 2. The largest absolute Gasteiger partial charge is 0.458 e. The summed E-state index contributed by atoms with van der Waals surface area (Å²) in [5.41, 5.74) is 1.73. The first kappa shape index (κ1) is 15.9. The van der Waals surface area contributed by atoms with E-state index in [1.807, 2.05) is 0 Å². The molecule has 140 valence electrons. The number of ether oxygens (including phenoxy) is 1. The Morgan fingerprint density at radius 3 is 2.65 bits per heavy atom. The van der Waals surface area contributed by atoms with Gasteiger partial charge in [-0.25, -0.2) is 0 Å². The molecule has 1 heterocycles. The maximum absolute atomic E-state index is 12.1. The second-order valence-electron chi connectivity index (χ2n) is 10.7. The summed E-state index contributed by atoms with van der Waals surface area (Å²) in [6, 6.07) is 0. The molecule has 0 aromatic rings. The molecule has 26 heavy (non-hydrogen) atoms. The quantitative estimate of drug-likeness (QED) is 0.477. The van der Waals surface area contributed by atoms with Crippen molar-refractivity contribution in [3.05, 3.63) is 11.6 Å². The van der Waals surface area contributed by atoms with Crippen molar-refractivity contribution in [3.8, 4) is 0 Å². The zero-order valence-electron chi connectivity index (χ0n) is 16.1. The Labute approximate surface area is 155 Å². The van der Waals surface area contributed by atoms with Gasteiger partial charge in [0.1, 0.15) is 11.4 Å². The first-order valence-electron chi connectivity index (χ1n) is 10.8. The van der Waals surface area contributed by atoms with Crippen LogP contribution >= 0.6 is 0 Å². The summed E-state index contributed by atoms with van der Waals surface area (Å²) in [6.07, 6.45) is 11.5. The van der Waals surface area contributed by atoms with Gasteiger partial charge in [0.15, 0.2) is 0 Å². The van der Waals surface area contributed by atoms with Crippen molar-refractivity contribution >= 4 is 11.8 Å². The van der Waals surface area contributed by atoms with E-state index in [1.165, 1.54) is 24.8 Å². The van der Waals surface area contributed by atoms with Gasteiger partial charge in [0.25, 0.3) is 0 Å². The summed E-state index contributed by atoms with van der Waals surface area (Å²) >= 11 is 0. The average Bonchev–Trinajstić information content (AvgIpc) is 3.24. The van der Waals surface area contributed by atoms with Gasteiger partial charge in [-0.2, -0.15) is 0 Å². The van der Waals surface area contributed by atoms with E-state index >= 15 is 0 Å². The molecular formula is C23H30O3. The molecule has 0 amide bonds. The van der Waals surface area contributed by atoms with Gasteiger partial charge in [-0.1, -0.05) is 25.5 Å². The van der Waals surface area contributed by atoms with E-state index in [4.69, 9.17) is 4.74 Å². The smallest absolute Gasteiger partial charge is 0.306 e. The minimum absolute atomic E-state index is 0.0447. The van der Waals surface area contributed by atoms with Crippen molar-refractivity contribution in [1.82, 2.24) is 0 Å². The van der Waals surface area contributed by atoms with Gasteiger partial charge in [-0.05, 0) is 67.6 Å². The number of esters is 1. The van der Waals surface area contributed by atoms with Gasteiger partial charge in [0, 0.05) is 30.6 Å². The molecule has 0 N–H and O–H groups in total. The topological polar surface area (TPSA) is 43.4 Å². The molecule has 3 heteroatoms. The first-order valence-corrected chi connectivity index (χ1v) is 10.8. The lowest BCUT2D eigenvalue weighted by atomic mass is 9.46. The lowest BCUT2D eigenvalue weighted by molar-refractivity contribution is -0.175. The van der Waals surface area contributed by atoms with Crippen molar-refractivity contribution in [1.29, 1.82) is 0 Å². The van der Waals surface area contributed by atoms with Crippen LogP contribution in [0.15, 0.2) is 11.6 Å². The van der Waals surface area contributed by atoms with Crippen LogP contribution in [0.3, 0.4) is 0 Å². The molecule has 0 aromatic heterocycles. The molecule has 0 bridgehead atoms. The van der Waals surface area contributed by atoms with Crippen molar-refractivity contribution in [3.63, 3.8) is 0 Å². The maximum atomic E-state index is 12.1. The second kappa shape index (κ2) is 4.64. The number of Topliss-reactive ketones (excluding diaryl/α,β-unsaturated/α-hetero) is 1. The minimum Gasteiger partial charge on any atom is -0.458 e. The molecule has 0 aromatic carbocycles. The highest BCUT2D eigenvalue weighted by atomic mass is 16.6. The number of hydrogen-bond acceptors (Lipinski definition) is 3. The molecule has 6 rings (SSSR count). The third-order valence-electron chi connectivity index (χ3n) is 10.1. The van der Waals surface area contributed by atoms with Crippen LogP contribution in [0, 0.1) is 40.4 Å². The minimum atomic E-state index is -0.141. The summed E-state index contributed by atoms with van der Waals surface area (Å²) < 4.78 is 6.16. The third kappa shape index (κ3) is 1.63. The molecule has 1 spiro atoms. The highest BCUT2D eigenvalue weighted by Gasteiger charge is 2.78. The van der Waals surface area contributed by atoms with E-state index in [0.29, 0.717) is 30.5 Å². The van der Waals surface area contributed by atoms with Crippen LogP contribution < -0.4 is 0 Å². The SMILES string of the molecule is C[C@]12CCC(=O)CC1=CCC1C2CC[C@@]2(C)C1[C@@H]1CC1[C@@]21CCC(=O)O1. The van der Waals surface area contributed by atoms with Crippen molar-refractivity contribution < 1.29 is 14.3 Å². The molecule has 1 saturated heterocycles. The van der Waals surface area contributed by atoms with E-state index in [1.54, 1.807) is 0 Å². The summed E-state index contributed by atoms with van der Waals surface area (Å²) in [5, 5.41) is 0. The predicted octanol–water partition coefficient (Wildman–Crippen LogP) is 4.45. The molecule has 6 aliphatic rings. The van der Waals surface area contributed by atoms with E-state index in [9.17, 15) is 9.59 Å². The number of rotatable bonds is 0. The van der Waals surface area contributed by atoms with Crippen LogP contribution in [0.25, 0.3) is 0 Å². The lowest BCUT2D eigenvalue weighted by Gasteiger charge is -2.59. The predicted molar refractivity (Wildman–Crippen MR) is 97.1 cm³/mol. The van der Waals surface area contributed by atoms with Gasteiger partial charge < -0.3 is 4.74 Å². The van der Waals surface area contributed by atoms with Gasteiger partial charge in [0.2, 0.25) is 0 Å². The zero-order valence-corrected chi connectivity index (χ0v) is 16.1. The molecule has 0 radical (unpaired) electrons. The normalized spacial score (nSPS) is 57.0. The van der Waals surface area contributed by atoms with Gasteiger partial charge in [-0.15, -0.1) is 0 Å². The standard InChI is InChI=1S/C23H30O3/c1-21-8-5-14(24)11-13(21)3-4-15-17(21)6-9-22(2)20(15)16-12-18(16)23(22)10-7-19(25)26-23/h3,15-18,20H,4-12H2,1-2H3/t15?,16-,17?,18?,20?,21+,22+,23+/m1/s1. The molecule has 5 fully saturated rings. The Bertz CT molecular complexity index is 753. The van der Waals surface area contributed by atoms with Crippen LogP contribution in [-0.2, 0) is 14.3 Å². The van der Waals surface area contributed by atoms with Crippen LogP contribution in [0.5, 0.6) is 0 Å². The van der Waals surface area contributed by atoms with E-state index < -0.39 is 0 Å². The van der Waals surface area contributed by atoms with Crippen LogP contribution in [0.1, 0.15) is 71.6 Å². The highest BCUT2D eigenvalue weighted by Crippen LogP contribution is 2.79. The van der Waals surface area contributed by atoms with Gasteiger partial charge >= 0.3 is 5.97 Å². The summed E-state index contributed by atoms with van der Waals surface area (Å²) in [7, 11) is 0. The summed E-state index contributed by atoms with van der Waals surface area (Å²) in [5.74, 6) is 4.06. The lowest BCUT2D eigenvalue weighted by Crippen LogP contribution is -2.56. The average molecular weight is 354 g/mol. The summed E-state index contributed by atoms with van der Waals surface area (Å²) in [6.45, 7) is 4.92. The Morgan fingerprint density at radius 2 is 1.88 bits per heavy atom. The first-order chi connectivity index (χ1) is 12.4. The van der Waals surface area contributed by atoms with Crippen LogP contribution in [0.4, 0.5) is 0 Å². The number of carbonyl (C=O) groups excluding carboxylic acids is 2. The third-order valence-corrected chi connectivity index (χ3v) is 10.1. The fourth-order valence-corrected chi connectivity index (χ4v) is 8.84. The molecule has 3 nitrogen and oxygen atoms in total. The fraction of sp³-hybridized carbons (Fsp3) is 0.826. The molecule has 1 aliphatic heterocycles. The molecule has 4 unspecified atom stereocenters. The van der Waals surface area contributed by atoms with Crippen molar-refractivity contribution in [2.45, 2.75) is 77.2 Å². The monoisotopic (exact) mass is 354 g/mol. The van der Waals surface area contributed by atoms with Gasteiger partial charge in [-0.3, -0.25) is 9.59 Å². The maximum Gasteiger partial charge on any atom is 0.306 e. The van der Waals surface area contributed by atoms with Crippen LogP contribution in [-0.4, -0.2) is 17.4 Å². The number of carbonyl (C=O) groups is 2. The van der Waals surface area contributed by atoms with Crippen LogP contribution in [0.2, 0.25) is 0 Å². The molecular weight excluding hydrogens is 324 g/mol. The van der Waals surface area contributed by atoms with Crippen molar-refractivity contribution in [2.24, 2.45) is 40.4 Å². The second-order valence-corrected chi connectivity index (χ2v) is 10.7. The van der Waals surface area contributed by atoms with E-state index in [-0.39, 0.29) is 22.4 Å². The highest BCUT2D eigenvalue weighted by molar-refractivity contribution is 5.82. The Morgan fingerprint density at radius 1 is 1.04 bits per heavy atom. The van der Waals surface area contributed by atoms with Crippen molar-refractivity contribution in [2.75, 3.05) is 0 Å². The fourth-order valence-electron chi connectivity index (χ4n) is 8.84. The summed E-state index contributed by atoms with van der Waals surface area (Å²) in [4.78, 5) is 24.1. The zero-order chi connectivity index (χ0) is 17.9. The number of hydrogen-bond donors (Lipinski definition) is 0.